The van der Waals surface area contributed by atoms with Gasteiger partial charge in [-0.05, 0) is 67.4 Å². The zero-order chi connectivity index (χ0) is 28.9. The Morgan fingerprint density at radius 2 is 1.75 bits per heavy atom. The molecule has 11 nitrogen and oxygen atoms in total. The minimum atomic E-state index is -3.95. The predicted molar refractivity (Wildman–Crippen MR) is 148 cm³/mol. The molecule has 2 unspecified atom stereocenters. The van der Waals surface area contributed by atoms with Gasteiger partial charge in [0.1, 0.15) is 24.2 Å². The van der Waals surface area contributed by atoms with Crippen LogP contribution in [0.5, 0.6) is 5.75 Å². The number of esters is 1. The molecule has 40 heavy (non-hydrogen) atoms. The van der Waals surface area contributed by atoms with Crippen molar-refractivity contribution in [3.05, 3.63) is 89.5 Å². The van der Waals surface area contributed by atoms with Crippen molar-refractivity contribution >= 4 is 33.6 Å². The Balaban J connectivity index is 1.34. The van der Waals surface area contributed by atoms with Crippen LogP contribution in [0.2, 0.25) is 0 Å². The maximum Gasteiger partial charge on any atom is 0.414 e. The van der Waals surface area contributed by atoms with Crippen LogP contribution in [0.25, 0.3) is 0 Å². The smallest absolute Gasteiger partial charge is 0.414 e. The maximum atomic E-state index is 12.8. The normalized spacial score (nSPS) is 15.8. The molecule has 1 amide bonds. The van der Waals surface area contributed by atoms with Crippen molar-refractivity contribution in [2.24, 2.45) is 5.73 Å². The summed E-state index contributed by atoms with van der Waals surface area (Å²) in [6.07, 6.45) is -0.934. The number of rotatable bonds is 11. The van der Waals surface area contributed by atoms with Gasteiger partial charge in [0.05, 0.1) is 18.6 Å². The number of carbonyl (C=O) groups is 2. The number of aryl methyl sites for hydroxylation is 1. The van der Waals surface area contributed by atoms with Gasteiger partial charge in [-0.1, -0.05) is 29.8 Å². The van der Waals surface area contributed by atoms with Crippen molar-refractivity contribution in [3.63, 3.8) is 0 Å². The van der Waals surface area contributed by atoms with Crippen LogP contribution in [0.4, 0.5) is 10.5 Å². The molecule has 0 radical (unpaired) electrons. The monoisotopic (exact) mass is 566 g/mol. The average molecular weight is 567 g/mol. The number of ether oxygens (including phenoxy) is 3. The molecule has 0 aliphatic carbocycles. The fourth-order valence-electron chi connectivity index (χ4n) is 4.07. The number of carbonyl (C=O) groups excluding carboxylic acids is 2. The third-order valence-electron chi connectivity index (χ3n) is 6.28. The number of anilines is 1. The summed E-state index contributed by atoms with van der Waals surface area (Å²) in [5, 5.41) is 7.48. The number of hydrogen-bond acceptors (Lipinski definition) is 8. The number of amidine groups is 1. The standard InChI is InChI=1S/C28H30N4O7S/c1-18-3-13-24(14-4-18)40(35,36)31-25(27(33)37-2)15-19-5-11-22(12-6-19)38-17-23-16-32(28(34)39-23)21-9-7-20(8-10-21)26(29)30/h3-14,23,25,31H,15-17H2,1-2H3,(H3,29,30). The van der Waals surface area contributed by atoms with Gasteiger partial charge >= 0.3 is 12.1 Å². The van der Waals surface area contributed by atoms with Crippen LogP contribution in [0.3, 0.4) is 0 Å². The van der Waals surface area contributed by atoms with Crippen molar-refractivity contribution in [2.45, 2.75) is 30.4 Å². The SMILES string of the molecule is COC(=O)C(Cc1ccc(OCC2CN(c3ccc(C(=N)N)cc3)C(=O)O2)cc1)NS(=O)(=O)c1ccc(C)cc1. The number of amides is 1. The zero-order valence-electron chi connectivity index (χ0n) is 22.0. The van der Waals surface area contributed by atoms with E-state index in [9.17, 15) is 18.0 Å². The lowest BCUT2D eigenvalue weighted by molar-refractivity contribution is -0.142. The topological polar surface area (TPSA) is 161 Å². The highest BCUT2D eigenvalue weighted by atomic mass is 32.2. The van der Waals surface area contributed by atoms with Gasteiger partial charge in [0.15, 0.2) is 6.10 Å². The van der Waals surface area contributed by atoms with Gasteiger partial charge in [0, 0.05) is 11.3 Å². The summed E-state index contributed by atoms with van der Waals surface area (Å²) in [5.74, 6) is -0.254. The van der Waals surface area contributed by atoms with E-state index in [4.69, 9.17) is 25.4 Å². The molecule has 0 bridgehead atoms. The Morgan fingerprint density at radius 1 is 1.10 bits per heavy atom. The van der Waals surface area contributed by atoms with E-state index < -0.39 is 34.2 Å². The first-order chi connectivity index (χ1) is 19.1. The number of cyclic esters (lactones) is 1. The molecule has 1 aliphatic heterocycles. The van der Waals surface area contributed by atoms with Crippen molar-refractivity contribution in [3.8, 4) is 5.75 Å². The van der Waals surface area contributed by atoms with Gasteiger partial charge < -0.3 is 19.9 Å². The summed E-state index contributed by atoms with van der Waals surface area (Å²) >= 11 is 0. The molecule has 3 aromatic rings. The van der Waals surface area contributed by atoms with Crippen LogP contribution in [0, 0.1) is 12.3 Å². The number of nitrogen functional groups attached to an aromatic ring is 1. The number of sulfonamides is 1. The largest absolute Gasteiger partial charge is 0.490 e. The van der Waals surface area contributed by atoms with Gasteiger partial charge in [-0.3, -0.25) is 15.1 Å². The first kappa shape index (κ1) is 28.6. The van der Waals surface area contributed by atoms with Crippen LogP contribution in [-0.4, -0.2) is 58.7 Å². The summed E-state index contributed by atoms with van der Waals surface area (Å²) in [5.41, 5.74) is 8.25. The molecule has 1 fully saturated rings. The molecule has 1 saturated heterocycles. The second-order valence-electron chi connectivity index (χ2n) is 9.25. The number of nitrogens with zero attached hydrogens (tertiary/aromatic N) is 1. The number of hydrogen-bond donors (Lipinski definition) is 3. The fourth-order valence-corrected chi connectivity index (χ4v) is 5.26. The van der Waals surface area contributed by atoms with E-state index in [1.165, 1.54) is 24.1 Å². The number of methoxy groups -OCH3 is 1. The first-order valence-electron chi connectivity index (χ1n) is 12.4. The number of nitrogens with two attached hydrogens (primary N) is 1. The Morgan fingerprint density at radius 3 is 2.35 bits per heavy atom. The molecular formula is C28H30N4O7S. The van der Waals surface area contributed by atoms with Gasteiger partial charge in [-0.25, -0.2) is 13.2 Å². The minimum absolute atomic E-state index is 0.0509. The van der Waals surface area contributed by atoms with Crippen molar-refractivity contribution in [1.29, 1.82) is 5.41 Å². The molecule has 210 valence electrons. The van der Waals surface area contributed by atoms with E-state index in [2.05, 4.69) is 4.72 Å². The molecular weight excluding hydrogens is 536 g/mol. The molecule has 4 rings (SSSR count). The third kappa shape index (κ3) is 6.96. The molecule has 1 heterocycles. The van der Waals surface area contributed by atoms with Gasteiger partial charge in [0.2, 0.25) is 10.0 Å². The van der Waals surface area contributed by atoms with Gasteiger partial charge in [-0.15, -0.1) is 0 Å². The summed E-state index contributed by atoms with van der Waals surface area (Å²) in [4.78, 5) is 26.2. The molecule has 4 N–H and O–H groups in total. The molecule has 2 atom stereocenters. The van der Waals surface area contributed by atoms with Crippen molar-refractivity contribution in [1.82, 2.24) is 4.72 Å². The lowest BCUT2D eigenvalue weighted by Crippen LogP contribution is -2.42. The Labute approximate surface area is 232 Å². The van der Waals surface area contributed by atoms with Crippen LogP contribution < -0.4 is 20.1 Å². The highest BCUT2D eigenvalue weighted by Gasteiger charge is 2.33. The summed E-state index contributed by atoms with van der Waals surface area (Å²) in [7, 11) is -2.75. The van der Waals surface area contributed by atoms with Crippen molar-refractivity contribution < 1.29 is 32.2 Å². The van der Waals surface area contributed by atoms with E-state index in [0.717, 1.165) is 5.56 Å². The minimum Gasteiger partial charge on any atom is -0.490 e. The molecule has 0 spiro atoms. The average Bonchev–Trinajstić information content (AvgIpc) is 3.32. The highest BCUT2D eigenvalue weighted by molar-refractivity contribution is 7.89. The zero-order valence-corrected chi connectivity index (χ0v) is 22.8. The van der Waals surface area contributed by atoms with E-state index in [-0.39, 0.29) is 30.3 Å². The van der Waals surface area contributed by atoms with Crippen LogP contribution >= 0.6 is 0 Å². The molecule has 12 heteroatoms. The first-order valence-corrected chi connectivity index (χ1v) is 13.8. The summed E-state index contributed by atoms with van der Waals surface area (Å²) in [6, 6.07) is 18.7. The molecule has 1 aliphatic rings. The lowest BCUT2D eigenvalue weighted by atomic mass is 10.1. The van der Waals surface area contributed by atoms with E-state index >= 15 is 0 Å². The summed E-state index contributed by atoms with van der Waals surface area (Å²) < 4.78 is 44.1. The van der Waals surface area contributed by atoms with Crippen molar-refractivity contribution in [2.75, 3.05) is 25.2 Å². The molecule has 3 aromatic carbocycles. The van der Waals surface area contributed by atoms with E-state index in [1.807, 2.05) is 6.92 Å². The summed E-state index contributed by atoms with van der Waals surface area (Å²) in [6.45, 7) is 2.26. The second kappa shape index (κ2) is 12.2. The number of benzene rings is 3. The van der Waals surface area contributed by atoms with Crippen LogP contribution in [-0.2, 0) is 30.7 Å². The lowest BCUT2D eigenvalue weighted by Gasteiger charge is -2.17. The Kier molecular flexibility index (Phi) is 8.70. The highest BCUT2D eigenvalue weighted by Crippen LogP contribution is 2.23. The predicted octanol–water partition coefficient (Wildman–Crippen LogP) is 2.75. The maximum absolute atomic E-state index is 12.8. The van der Waals surface area contributed by atoms with Crippen LogP contribution in [0.1, 0.15) is 16.7 Å². The Hall–Kier alpha value is -4.42. The van der Waals surface area contributed by atoms with E-state index in [0.29, 0.717) is 22.6 Å². The van der Waals surface area contributed by atoms with Crippen LogP contribution in [0.15, 0.2) is 77.7 Å². The third-order valence-corrected chi connectivity index (χ3v) is 7.77. The quantitative estimate of drug-likeness (QED) is 0.181. The molecule has 0 saturated carbocycles. The number of nitrogens with one attached hydrogen (secondary N) is 2. The van der Waals surface area contributed by atoms with Gasteiger partial charge in [0.25, 0.3) is 0 Å². The fraction of sp³-hybridized carbons (Fsp3) is 0.250. The second-order valence-corrected chi connectivity index (χ2v) is 11.0. The van der Waals surface area contributed by atoms with E-state index in [1.54, 1.807) is 60.7 Å². The van der Waals surface area contributed by atoms with Gasteiger partial charge in [-0.2, -0.15) is 4.72 Å². The molecule has 0 aromatic heterocycles. The Bertz CT molecular complexity index is 1470.